The summed E-state index contributed by atoms with van der Waals surface area (Å²) in [6.07, 6.45) is 5.30. The number of thioether (sulfide) groups is 1. The van der Waals surface area contributed by atoms with Crippen molar-refractivity contribution in [2.45, 2.75) is 30.8 Å². The van der Waals surface area contributed by atoms with E-state index in [2.05, 4.69) is 53.4 Å². The highest BCUT2D eigenvalue weighted by molar-refractivity contribution is 7.99. The van der Waals surface area contributed by atoms with Crippen molar-refractivity contribution in [3.05, 3.63) is 54.4 Å². The Hall–Kier alpha value is -1.19. The molecule has 0 aliphatic rings. The van der Waals surface area contributed by atoms with Gasteiger partial charge in [0.2, 0.25) is 0 Å². The molecule has 0 aliphatic carbocycles. The van der Waals surface area contributed by atoms with Gasteiger partial charge in [-0.05, 0) is 37.1 Å². The predicted octanol–water partition coefficient (Wildman–Crippen LogP) is 3.17. The van der Waals surface area contributed by atoms with E-state index in [1.807, 2.05) is 18.7 Å². The largest absolute Gasteiger partial charge is 0.353 e. The summed E-state index contributed by atoms with van der Waals surface area (Å²) in [4.78, 5) is 1.33. The molecule has 1 unspecified atom stereocenters. The molecule has 0 saturated carbocycles. The summed E-state index contributed by atoms with van der Waals surface area (Å²) in [5.41, 5.74) is 7.12. The van der Waals surface area contributed by atoms with E-state index in [1.54, 1.807) is 0 Å². The van der Waals surface area contributed by atoms with Crippen LogP contribution in [-0.2, 0) is 13.0 Å². The Kier molecular flexibility index (Phi) is 4.90. The van der Waals surface area contributed by atoms with Crippen LogP contribution < -0.4 is 5.73 Å². The lowest BCUT2D eigenvalue weighted by Crippen LogP contribution is -2.17. The molecule has 1 heterocycles. The molecule has 0 radical (unpaired) electrons. The first kappa shape index (κ1) is 13.2. The van der Waals surface area contributed by atoms with Crippen LogP contribution >= 0.6 is 11.8 Å². The molecule has 2 nitrogen and oxygen atoms in total. The number of aryl methyl sites for hydroxylation is 1. The minimum Gasteiger partial charge on any atom is -0.353 e. The number of hydrogen-bond donors (Lipinski definition) is 1. The highest BCUT2D eigenvalue weighted by Crippen LogP contribution is 2.17. The first-order valence-corrected chi connectivity index (χ1v) is 7.30. The van der Waals surface area contributed by atoms with E-state index in [0.717, 1.165) is 18.7 Å². The van der Waals surface area contributed by atoms with Gasteiger partial charge in [-0.15, -0.1) is 11.8 Å². The molecule has 2 aromatic rings. The average molecular weight is 260 g/mol. The van der Waals surface area contributed by atoms with Crippen molar-refractivity contribution in [1.82, 2.24) is 4.57 Å². The number of hydrogen-bond acceptors (Lipinski definition) is 2. The molecule has 0 bridgehead atoms. The third-order valence-electron chi connectivity index (χ3n) is 2.73. The average Bonchev–Trinajstić information content (AvgIpc) is 2.77. The standard InChI is InChI=1S/C15H20N2S/c1-13(16)11-14-7-8-17(12-14)9-10-18-15-5-3-2-4-6-15/h2-8,12-13H,9-11,16H2,1H3. The molecule has 96 valence electrons. The van der Waals surface area contributed by atoms with Crippen LogP contribution in [0.25, 0.3) is 0 Å². The topological polar surface area (TPSA) is 30.9 Å². The van der Waals surface area contributed by atoms with Gasteiger partial charge < -0.3 is 10.3 Å². The first-order chi connectivity index (χ1) is 8.74. The first-order valence-electron chi connectivity index (χ1n) is 6.32. The highest BCUT2D eigenvalue weighted by atomic mass is 32.2. The summed E-state index contributed by atoms with van der Waals surface area (Å²) < 4.78 is 2.24. The maximum absolute atomic E-state index is 5.80. The summed E-state index contributed by atoms with van der Waals surface area (Å²) in [5.74, 6) is 1.09. The van der Waals surface area contributed by atoms with Crippen molar-refractivity contribution in [1.29, 1.82) is 0 Å². The van der Waals surface area contributed by atoms with Crippen LogP contribution in [0.15, 0.2) is 53.7 Å². The van der Waals surface area contributed by atoms with Crippen molar-refractivity contribution in [3.63, 3.8) is 0 Å². The highest BCUT2D eigenvalue weighted by Gasteiger charge is 2.00. The Morgan fingerprint density at radius 1 is 1.22 bits per heavy atom. The second-order valence-corrected chi connectivity index (χ2v) is 5.77. The fourth-order valence-corrected chi connectivity index (χ4v) is 2.80. The molecule has 0 saturated heterocycles. The molecule has 3 heteroatoms. The lowest BCUT2D eigenvalue weighted by molar-refractivity contribution is 0.728. The molecule has 0 aliphatic heterocycles. The van der Waals surface area contributed by atoms with Crippen LogP contribution in [0.3, 0.4) is 0 Å². The fourth-order valence-electron chi connectivity index (χ4n) is 1.91. The Balaban J connectivity index is 1.78. The quantitative estimate of drug-likeness (QED) is 0.809. The van der Waals surface area contributed by atoms with Gasteiger partial charge >= 0.3 is 0 Å². The third kappa shape index (κ3) is 4.24. The zero-order valence-corrected chi connectivity index (χ0v) is 11.6. The molecule has 18 heavy (non-hydrogen) atoms. The molecular weight excluding hydrogens is 240 g/mol. The minimum absolute atomic E-state index is 0.236. The van der Waals surface area contributed by atoms with Gasteiger partial charge in [0.15, 0.2) is 0 Å². The van der Waals surface area contributed by atoms with E-state index in [1.165, 1.54) is 10.5 Å². The van der Waals surface area contributed by atoms with Crippen molar-refractivity contribution < 1.29 is 0 Å². The van der Waals surface area contributed by atoms with Gasteiger partial charge in [0.1, 0.15) is 0 Å². The maximum atomic E-state index is 5.80. The van der Waals surface area contributed by atoms with Gasteiger partial charge in [0.05, 0.1) is 0 Å². The number of rotatable bonds is 6. The predicted molar refractivity (Wildman–Crippen MR) is 79.0 cm³/mol. The van der Waals surface area contributed by atoms with Crippen molar-refractivity contribution in [2.24, 2.45) is 5.73 Å². The smallest absolute Gasteiger partial charge is 0.0314 e. The number of aromatic nitrogens is 1. The molecule has 1 aromatic carbocycles. The van der Waals surface area contributed by atoms with E-state index in [-0.39, 0.29) is 6.04 Å². The molecule has 0 amide bonds. The van der Waals surface area contributed by atoms with Gasteiger partial charge in [-0.1, -0.05) is 18.2 Å². The van der Waals surface area contributed by atoms with Crippen LogP contribution in [0, 0.1) is 0 Å². The van der Waals surface area contributed by atoms with E-state index >= 15 is 0 Å². The van der Waals surface area contributed by atoms with Crippen LogP contribution in [0.5, 0.6) is 0 Å². The molecule has 0 spiro atoms. The second kappa shape index (κ2) is 6.66. The van der Waals surface area contributed by atoms with Gasteiger partial charge in [-0.3, -0.25) is 0 Å². The lowest BCUT2D eigenvalue weighted by atomic mass is 10.1. The molecular formula is C15H20N2S. The second-order valence-electron chi connectivity index (χ2n) is 4.60. The molecule has 2 rings (SSSR count). The van der Waals surface area contributed by atoms with Crippen molar-refractivity contribution in [3.8, 4) is 0 Å². The molecule has 1 aromatic heterocycles. The summed E-state index contributed by atoms with van der Waals surface area (Å²) in [6.45, 7) is 3.08. The van der Waals surface area contributed by atoms with Gasteiger partial charge in [0.25, 0.3) is 0 Å². The van der Waals surface area contributed by atoms with Crippen molar-refractivity contribution in [2.75, 3.05) is 5.75 Å². The van der Waals surface area contributed by atoms with Gasteiger partial charge in [-0.2, -0.15) is 0 Å². The van der Waals surface area contributed by atoms with Gasteiger partial charge in [-0.25, -0.2) is 0 Å². The normalized spacial score (nSPS) is 12.6. The minimum atomic E-state index is 0.236. The molecule has 1 atom stereocenters. The number of nitrogens with two attached hydrogens (primary N) is 1. The van der Waals surface area contributed by atoms with Crippen LogP contribution in [0.4, 0.5) is 0 Å². The Morgan fingerprint density at radius 3 is 2.72 bits per heavy atom. The van der Waals surface area contributed by atoms with E-state index in [9.17, 15) is 0 Å². The van der Waals surface area contributed by atoms with Crippen LogP contribution in [-0.4, -0.2) is 16.4 Å². The molecule has 0 fully saturated rings. The Labute approximate surface area is 113 Å². The van der Waals surface area contributed by atoms with Crippen LogP contribution in [0.2, 0.25) is 0 Å². The van der Waals surface area contributed by atoms with E-state index in [4.69, 9.17) is 5.73 Å². The fraction of sp³-hybridized carbons (Fsp3) is 0.333. The van der Waals surface area contributed by atoms with Crippen LogP contribution in [0.1, 0.15) is 12.5 Å². The summed E-state index contributed by atoms with van der Waals surface area (Å²) in [6, 6.07) is 12.9. The van der Waals surface area contributed by atoms with Crippen molar-refractivity contribution >= 4 is 11.8 Å². The third-order valence-corrected chi connectivity index (χ3v) is 3.72. The number of nitrogens with zero attached hydrogens (tertiary/aromatic N) is 1. The van der Waals surface area contributed by atoms with E-state index in [0.29, 0.717) is 0 Å². The Morgan fingerprint density at radius 2 is 2.00 bits per heavy atom. The summed E-state index contributed by atoms with van der Waals surface area (Å²) >= 11 is 1.89. The SMILES string of the molecule is CC(N)Cc1ccn(CCSc2ccccc2)c1. The zero-order valence-electron chi connectivity index (χ0n) is 10.8. The lowest BCUT2D eigenvalue weighted by Gasteiger charge is -2.04. The monoisotopic (exact) mass is 260 g/mol. The molecule has 2 N–H and O–H groups in total. The summed E-state index contributed by atoms with van der Waals surface area (Å²) in [5, 5.41) is 0. The maximum Gasteiger partial charge on any atom is 0.0314 e. The summed E-state index contributed by atoms with van der Waals surface area (Å²) in [7, 11) is 0. The van der Waals surface area contributed by atoms with Gasteiger partial charge in [0, 0.05) is 35.6 Å². The van der Waals surface area contributed by atoms with E-state index < -0.39 is 0 Å². The zero-order chi connectivity index (χ0) is 12.8. The Bertz CT molecular complexity index is 462. The number of benzene rings is 1.